The van der Waals surface area contributed by atoms with Gasteiger partial charge in [-0.05, 0) is 16.7 Å². The summed E-state index contributed by atoms with van der Waals surface area (Å²) in [5, 5.41) is 0. The molecule has 0 aliphatic rings. The Kier molecular flexibility index (Phi) is 3.21. The van der Waals surface area contributed by atoms with Crippen LogP contribution < -0.4 is 11.5 Å². The van der Waals surface area contributed by atoms with Crippen molar-refractivity contribution in [1.29, 1.82) is 0 Å². The summed E-state index contributed by atoms with van der Waals surface area (Å²) in [5.74, 6) is -0.516. The molecule has 0 aliphatic carbocycles. The molecule has 0 heterocycles. The Hall–Kier alpha value is -2.13. The van der Waals surface area contributed by atoms with Crippen LogP contribution in [0.5, 0.6) is 0 Å². The fourth-order valence-electron chi connectivity index (χ4n) is 1.68. The van der Waals surface area contributed by atoms with Crippen molar-refractivity contribution in [3.63, 3.8) is 0 Å². The molecule has 3 nitrogen and oxygen atoms in total. The molecular formula is C14H14N2O. The number of nitrogens with two attached hydrogens (primary N) is 2. The summed E-state index contributed by atoms with van der Waals surface area (Å²) in [6, 6.07) is 16.8. The van der Waals surface area contributed by atoms with E-state index in [2.05, 4.69) is 0 Å². The highest BCUT2D eigenvalue weighted by atomic mass is 16.1. The van der Waals surface area contributed by atoms with Crippen LogP contribution in [0.1, 0.15) is 11.6 Å². The number of amides is 1. The molecule has 4 N–H and O–H groups in total. The van der Waals surface area contributed by atoms with E-state index in [0.29, 0.717) is 0 Å². The zero-order valence-corrected chi connectivity index (χ0v) is 9.34. The summed E-state index contributed by atoms with van der Waals surface area (Å²) in [7, 11) is 0. The van der Waals surface area contributed by atoms with Gasteiger partial charge in [0.25, 0.3) is 0 Å². The van der Waals surface area contributed by atoms with Crippen molar-refractivity contribution in [2.75, 3.05) is 0 Å². The third-order valence-electron chi connectivity index (χ3n) is 2.68. The second-order valence-corrected chi connectivity index (χ2v) is 3.87. The number of benzene rings is 2. The lowest BCUT2D eigenvalue weighted by Crippen LogP contribution is -2.28. The minimum atomic E-state index is -0.736. The van der Waals surface area contributed by atoms with E-state index < -0.39 is 11.9 Å². The molecule has 0 aromatic heterocycles. The number of carbonyl (C=O) groups is 1. The third-order valence-corrected chi connectivity index (χ3v) is 2.68. The van der Waals surface area contributed by atoms with E-state index in [-0.39, 0.29) is 0 Å². The zero-order chi connectivity index (χ0) is 12.3. The van der Waals surface area contributed by atoms with Crippen LogP contribution in [0.15, 0.2) is 54.6 Å². The lowest BCUT2D eigenvalue weighted by molar-refractivity contribution is -0.119. The Bertz CT molecular complexity index is 506. The number of hydrogen-bond acceptors (Lipinski definition) is 2. The fourth-order valence-corrected chi connectivity index (χ4v) is 1.68. The average Bonchev–Trinajstić information content (AvgIpc) is 2.39. The molecular weight excluding hydrogens is 212 g/mol. The van der Waals surface area contributed by atoms with Crippen molar-refractivity contribution in [1.82, 2.24) is 0 Å². The number of carbonyl (C=O) groups excluding carboxylic acids is 1. The maximum atomic E-state index is 11.0. The molecule has 0 bridgehead atoms. The van der Waals surface area contributed by atoms with Crippen molar-refractivity contribution in [2.45, 2.75) is 6.04 Å². The van der Waals surface area contributed by atoms with Crippen LogP contribution in [0.2, 0.25) is 0 Å². The molecule has 2 aromatic carbocycles. The monoisotopic (exact) mass is 226 g/mol. The molecule has 0 saturated heterocycles. The van der Waals surface area contributed by atoms with Crippen molar-refractivity contribution in [3.05, 3.63) is 60.2 Å². The van der Waals surface area contributed by atoms with E-state index in [4.69, 9.17) is 11.5 Å². The molecule has 3 heteroatoms. The first-order valence-corrected chi connectivity index (χ1v) is 5.39. The molecule has 0 radical (unpaired) electrons. The van der Waals surface area contributed by atoms with Crippen LogP contribution >= 0.6 is 0 Å². The maximum Gasteiger partial charge on any atom is 0.238 e. The highest BCUT2D eigenvalue weighted by Crippen LogP contribution is 2.20. The van der Waals surface area contributed by atoms with E-state index in [1.165, 1.54) is 0 Å². The maximum absolute atomic E-state index is 11.0. The lowest BCUT2D eigenvalue weighted by atomic mass is 10.0. The summed E-state index contributed by atoms with van der Waals surface area (Å²) < 4.78 is 0. The zero-order valence-electron chi connectivity index (χ0n) is 9.34. The fraction of sp³-hybridized carbons (Fsp3) is 0.0714. The normalized spacial score (nSPS) is 12.1. The van der Waals surface area contributed by atoms with Crippen LogP contribution in [0, 0.1) is 0 Å². The SMILES string of the molecule is NC(=O)[C@H](N)c1ccc(-c2ccccc2)cc1. The molecule has 1 amide bonds. The van der Waals surface area contributed by atoms with Gasteiger partial charge in [0.1, 0.15) is 6.04 Å². The topological polar surface area (TPSA) is 69.1 Å². The first-order chi connectivity index (χ1) is 8.18. The van der Waals surface area contributed by atoms with Gasteiger partial charge in [-0.2, -0.15) is 0 Å². The molecule has 0 aliphatic heterocycles. The van der Waals surface area contributed by atoms with Crippen LogP contribution in [-0.2, 0) is 4.79 Å². The van der Waals surface area contributed by atoms with Crippen molar-refractivity contribution < 1.29 is 4.79 Å². The lowest BCUT2D eigenvalue weighted by Gasteiger charge is -2.08. The minimum absolute atomic E-state index is 0.516. The Morgan fingerprint density at radius 3 is 1.94 bits per heavy atom. The van der Waals surface area contributed by atoms with Gasteiger partial charge < -0.3 is 11.5 Å². The molecule has 86 valence electrons. The molecule has 0 unspecified atom stereocenters. The summed E-state index contributed by atoms with van der Waals surface area (Å²) in [5.41, 5.74) is 13.8. The van der Waals surface area contributed by atoms with Gasteiger partial charge >= 0.3 is 0 Å². The van der Waals surface area contributed by atoms with E-state index >= 15 is 0 Å². The van der Waals surface area contributed by atoms with Crippen molar-refractivity contribution >= 4 is 5.91 Å². The second-order valence-electron chi connectivity index (χ2n) is 3.87. The minimum Gasteiger partial charge on any atom is -0.368 e. The molecule has 0 fully saturated rings. The predicted molar refractivity (Wildman–Crippen MR) is 68.0 cm³/mol. The van der Waals surface area contributed by atoms with Crippen molar-refractivity contribution in [3.8, 4) is 11.1 Å². The van der Waals surface area contributed by atoms with Gasteiger partial charge in [0.15, 0.2) is 0 Å². The smallest absolute Gasteiger partial charge is 0.238 e. The highest BCUT2D eigenvalue weighted by molar-refractivity contribution is 5.81. The molecule has 0 spiro atoms. The number of hydrogen-bond donors (Lipinski definition) is 2. The third kappa shape index (κ3) is 2.52. The quantitative estimate of drug-likeness (QED) is 0.838. The summed E-state index contributed by atoms with van der Waals surface area (Å²) >= 11 is 0. The van der Waals surface area contributed by atoms with Crippen molar-refractivity contribution in [2.24, 2.45) is 11.5 Å². The van der Waals surface area contributed by atoms with E-state index in [0.717, 1.165) is 16.7 Å². The summed E-state index contributed by atoms with van der Waals surface area (Å²) in [6.45, 7) is 0. The molecule has 17 heavy (non-hydrogen) atoms. The van der Waals surface area contributed by atoms with Gasteiger partial charge in [-0.1, -0.05) is 54.6 Å². The highest BCUT2D eigenvalue weighted by Gasteiger charge is 2.11. The average molecular weight is 226 g/mol. The Morgan fingerprint density at radius 2 is 1.41 bits per heavy atom. The van der Waals surface area contributed by atoms with Gasteiger partial charge in [-0.25, -0.2) is 0 Å². The summed E-state index contributed by atoms with van der Waals surface area (Å²) in [4.78, 5) is 11.0. The first-order valence-electron chi connectivity index (χ1n) is 5.39. The van der Waals surface area contributed by atoms with Gasteiger partial charge in [0, 0.05) is 0 Å². The Morgan fingerprint density at radius 1 is 0.882 bits per heavy atom. The largest absolute Gasteiger partial charge is 0.368 e. The number of primary amides is 1. The standard InChI is InChI=1S/C14H14N2O/c15-13(14(16)17)12-8-6-11(7-9-12)10-4-2-1-3-5-10/h1-9,13H,15H2,(H2,16,17)/t13-/m1/s1. The number of rotatable bonds is 3. The Balaban J connectivity index is 2.28. The van der Waals surface area contributed by atoms with Gasteiger partial charge in [0.2, 0.25) is 5.91 Å². The van der Waals surface area contributed by atoms with Crippen LogP contribution in [0.4, 0.5) is 0 Å². The first kappa shape index (κ1) is 11.4. The summed E-state index contributed by atoms with van der Waals surface area (Å²) in [6.07, 6.45) is 0. The van der Waals surface area contributed by atoms with Gasteiger partial charge in [-0.15, -0.1) is 0 Å². The Labute approximate surface area is 100 Å². The van der Waals surface area contributed by atoms with Crippen LogP contribution in [-0.4, -0.2) is 5.91 Å². The molecule has 0 saturated carbocycles. The van der Waals surface area contributed by atoms with Crippen LogP contribution in [0.25, 0.3) is 11.1 Å². The van der Waals surface area contributed by atoms with E-state index in [9.17, 15) is 4.79 Å². The molecule has 1 atom stereocenters. The van der Waals surface area contributed by atoms with Crippen LogP contribution in [0.3, 0.4) is 0 Å². The second kappa shape index (κ2) is 4.80. The predicted octanol–water partition coefficient (Wildman–Crippen LogP) is 1.84. The molecule has 2 rings (SSSR count). The van der Waals surface area contributed by atoms with E-state index in [1.807, 2.05) is 54.6 Å². The van der Waals surface area contributed by atoms with E-state index in [1.54, 1.807) is 0 Å². The van der Waals surface area contributed by atoms with Gasteiger partial charge in [0.05, 0.1) is 0 Å². The molecule has 2 aromatic rings. The van der Waals surface area contributed by atoms with Gasteiger partial charge in [-0.3, -0.25) is 4.79 Å².